The van der Waals surface area contributed by atoms with Crippen molar-refractivity contribution in [3.8, 4) is 0 Å². The zero-order valence-electron chi connectivity index (χ0n) is 20.1. The number of benzene rings is 3. The number of fused-ring (bicyclic) bond motifs is 5. The Labute approximate surface area is 204 Å². The molecule has 0 spiro atoms. The maximum Gasteiger partial charge on any atom is 0.433 e. The molecule has 7 heteroatoms. The minimum atomic E-state index is -0.781. The molecule has 0 unspecified atom stereocenters. The monoisotopic (exact) mass is 474 g/mol. The lowest BCUT2D eigenvalue weighted by Crippen LogP contribution is -2.45. The number of rotatable bonds is 2. The third-order valence-corrected chi connectivity index (χ3v) is 6.04. The molecule has 182 valence electrons. The number of nitrogens with zero attached hydrogens (tertiary/aromatic N) is 2. The molecule has 0 aromatic heterocycles. The van der Waals surface area contributed by atoms with Gasteiger partial charge < -0.3 is 14.6 Å². The van der Waals surface area contributed by atoms with Crippen LogP contribution in [0.1, 0.15) is 37.8 Å². The maximum atomic E-state index is 11.5. The van der Waals surface area contributed by atoms with Gasteiger partial charge in [0, 0.05) is 12.3 Å². The fourth-order valence-electron chi connectivity index (χ4n) is 4.46. The van der Waals surface area contributed by atoms with Crippen LogP contribution in [-0.2, 0) is 22.3 Å². The molecule has 3 aromatic carbocycles. The third-order valence-electron chi connectivity index (χ3n) is 6.04. The van der Waals surface area contributed by atoms with Gasteiger partial charge in [0.2, 0.25) is 0 Å². The van der Waals surface area contributed by atoms with Gasteiger partial charge in [0.15, 0.2) is 0 Å². The number of ether oxygens (including phenoxy) is 2. The van der Waals surface area contributed by atoms with Crippen LogP contribution in [0.25, 0.3) is 21.5 Å². The Balaban J connectivity index is 0.000000166. The molecule has 1 N–H and O–H groups in total. The summed E-state index contributed by atoms with van der Waals surface area (Å²) in [5, 5.41) is 16.6. The summed E-state index contributed by atoms with van der Waals surface area (Å²) in [4.78, 5) is 23.0. The lowest BCUT2D eigenvalue weighted by atomic mass is 9.86. The van der Waals surface area contributed by atoms with E-state index in [1.54, 1.807) is 25.0 Å². The zero-order chi connectivity index (χ0) is 24.8. The molecule has 2 amide bonds. The summed E-state index contributed by atoms with van der Waals surface area (Å²) in [6, 6.07) is 18.0. The lowest BCUT2D eigenvalue weighted by Gasteiger charge is -2.29. The molecule has 1 aliphatic heterocycles. The summed E-state index contributed by atoms with van der Waals surface area (Å²) >= 11 is 0. The zero-order valence-corrected chi connectivity index (χ0v) is 20.1. The van der Waals surface area contributed by atoms with Crippen molar-refractivity contribution in [1.29, 1.82) is 0 Å². The number of amides is 2. The van der Waals surface area contributed by atoms with Gasteiger partial charge in [0.1, 0.15) is 5.76 Å². The van der Waals surface area contributed by atoms with Crippen molar-refractivity contribution in [2.75, 3.05) is 13.2 Å². The Morgan fingerprint density at radius 3 is 2.29 bits per heavy atom. The minimum Gasteiger partial charge on any atom is -0.506 e. The summed E-state index contributed by atoms with van der Waals surface area (Å²) in [6.07, 6.45) is 7.23. The van der Waals surface area contributed by atoms with E-state index in [2.05, 4.69) is 48.5 Å². The van der Waals surface area contributed by atoms with E-state index in [9.17, 15) is 14.7 Å². The summed E-state index contributed by atoms with van der Waals surface area (Å²) in [7, 11) is 0. The van der Waals surface area contributed by atoms with E-state index in [-0.39, 0.29) is 19.0 Å². The molecule has 0 radical (unpaired) electrons. The van der Waals surface area contributed by atoms with Crippen LogP contribution in [0, 0.1) is 0 Å². The molecule has 1 aliphatic carbocycles. The topological polar surface area (TPSA) is 79.3 Å². The molecule has 1 heterocycles. The highest BCUT2D eigenvalue weighted by Crippen LogP contribution is 2.33. The summed E-state index contributed by atoms with van der Waals surface area (Å²) < 4.78 is 9.49. The molecular weight excluding hydrogens is 444 g/mol. The third kappa shape index (κ3) is 5.24. The van der Waals surface area contributed by atoms with Gasteiger partial charge in [0.05, 0.1) is 19.4 Å². The fourth-order valence-corrected chi connectivity index (χ4v) is 4.46. The van der Waals surface area contributed by atoms with E-state index in [4.69, 9.17) is 9.47 Å². The Morgan fingerprint density at radius 2 is 1.51 bits per heavy atom. The number of carbonyl (C=O) groups excluding carboxylic acids is 2. The van der Waals surface area contributed by atoms with Gasteiger partial charge >= 0.3 is 12.2 Å². The number of hydrogen-bond donors (Lipinski definition) is 1. The van der Waals surface area contributed by atoms with E-state index in [0.29, 0.717) is 0 Å². The van der Waals surface area contributed by atoms with Gasteiger partial charge in [-0.2, -0.15) is 10.0 Å². The lowest BCUT2D eigenvalue weighted by molar-refractivity contribution is 0.0279. The largest absolute Gasteiger partial charge is 0.506 e. The van der Waals surface area contributed by atoms with Crippen LogP contribution in [0.3, 0.4) is 0 Å². The van der Waals surface area contributed by atoms with Crippen LogP contribution in [0.15, 0.2) is 72.8 Å². The van der Waals surface area contributed by atoms with E-state index in [0.717, 1.165) is 16.2 Å². The highest BCUT2D eigenvalue weighted by atomic mass is 16.6. The van der Waals surface area contributed by atoms with Gasteiger partial charge in [-0.1, -0.05) is 48.5 Å². The molecule has 0 bridgehead atoms. The summed E-state index contributed by atoms with van der Waals surface area (Å²) in [6.45, 7) is 3.61. The number of aliphatic hydroxyl groups excluding tert-OH is 1. The van der Waals surface area contributed by atoms with Crippen molar-refractivity contribution in [2.45, 2.75) is 39.5 Å². The fraction of sp³-hybridized carbons (Fsp3) is 0.286. The molecule has 7 nitrogen and oxygen atoms in total. The molecule has 2 aliphatic rings. The summed E-state index contributed by atoms with van der Waals surface area (Å²) in [5.41, 5.74) is 3.17. The van der Waals surface area contributed by atoms with Crippen molar-refractivity contribution in [3.63, 3.8) is 0 Å². The highest BCUT2D eigenvalue weighted by molar-refractivity contribution is 6.08. The number of aliphatic hydroxyl groups is 1. The Hall–Kier alpha value is -4.00. The Morgan fingerprint density at radius 1 is 0.829 bits per heavy atom. The van der Waals surface area contributed by atoms with Gasteiger partial charge in [-0.15, -0.1) is 0 Å². The highest BCUT2D eigenvalue weighted by Gasteiger charge is 2.27. The van der Waals surface area contributed by atoms with E-state index >= 15 is 0 Å². The number of allylic oxidation sites excluding steroid dienone is 1. The van der Waals surface area contributed by atoms with Crippen LogP contribution in [0.5, 0.6) is 0 Å². The van der Waals surface area contributed by atoms with E-state index in [1.165, 1.54) is 59.5 Å². The number of hydrazine groups is 1. The van der Waals surface area contributed by atoms with Gasteiger partial charge in [-0.05, 0) is 72.2 Å². The van der Waals surface area contributed by atoms with Gasteiger partial charge in [-0.25, -0.2) is 9.59 Å². The minimum absolute atomic E-state index is 0.157. The quantitative estimate of drug-likeness (QED) is 0.423. The van der Waals surface area contributed by atoms with Crippen molar-refractivity contribution in [2.24, 2.45) is 0 Å². The van der Waals surface area contributed by atoms with Gasteiger partial charge in [0.25, 0.3) is 0 Å². The average molecular weight is 475 g/mol. The standard InChI is InChI=1S/C18H16.C10H14N2O5/c1-3-7-15-13(5-1)9-11-18-16-8-4-2-6-14(16)10-12-17(15)18;1-3-16-9(14)11-6-5-8(13)7-12(11)10(15)17-4-2/h1,3,5,7,9-12H,2,4,6,8H2;5-7,13H,3-4H2,1-2H3. The van der Waals surface area contributed by atoms with Crippen LogP contribution < -0.4 is 0 Å². The molecule has 0 atom stereocenters. The Bertz CT molecular complexity index is 1300. The van der Waals surface area contributed by atoms with Crippen LogP contribution in [0.2, 0.25) is 0 Å². The smallest absolute Gasteiger partial charge is 0.433 e. The second-order valence-corrected chi connectivity index (χ2v) is 8.25. The van der Waals surface area contributed by atoms with Crippen LogP contribution in [0.4, 0.5) is 9.59 Å². The normalized spacial score (nSPS) is 14.6. The SMILES string of the molecule is CCOC(=O)N1C=CC(O)=CN1C(=O)OCC.c1ccc2c(c1)ccc1c3c(ccc12)CCCC3. The van der Waals surface area contributed by atoms with Crippen LogP contribution in [-0.4, -0.2) is 40.5 Å². The number of carbonyl (C=O) groups is 2. The van der Waals surface area contributed by atoms with Crippen molar-refractivity contribution < 1.29 is 24.2 Å². The number of hydrogen-bond acceptors (Lipinski definition) is 5. The molecular formula is C28H30N2O5. The van der Waals surface area contributed by atoms with Crippen molar-refractivity contribution in [1.82, 2.24) is 10.0 Å². The van der Waals surface area contributed by atoms with E-state index < -0.39 is 12.2 Å². The molecule has 5 rings (SSSR count). The van der Waals surface area contributed by atoms with Crippen LogP contribution >= 0.6 is 0 Å². The molecule has 0 saturated heterocycles. The Kier molecular flexibility index (Phi) is 7.55. The molecule has 3 aromatic rings. The van der Waals surface area contributed by atoms with Gasteiger partial charge in [-0.3, -0.25) is 0 Å². The molecule has 35 heavy (non-hydrogen) atoms. The van der Waals surface area contributed by atoms with Crippen molar-refractivity contribution >= 4 is 33.7 Å². The first-order valence-corrected chi connectivity index (χ1v) is 12.0. The second kappa shape index (κ2) is 11.0. The van der Waals surface area contributed by atoms with E-state index in [1.807, 2.05) is 0 Å². The number of aryl methyl sites for hydroxylation is 2. The predicted octanol–water partition coefficient (Wildman–Crippen LogP) is 6.62. The maximum absolute atomic E-state index is 11.5. The first-order valence-electron chi connectivity index (χ1n) is 12.0. The average Bonchev–Trinajstić information content (AvgIpc) is 2.89. The summed E-state index contributed by atoms with van der Waals surface area (Å²) in [5.74, 6) is -0.168. The first kappa shape index (κ1) is 24.1. The molecule has 0 saturated carbocycles. The first-order chi connectivity index (χ1) is 17.0. The molecule has 0 fully saturated rings. The second-order valence-electron chi connectivity index (χ2n) is 8.25. The predicted molar refractivity (Wildman–Crippen MR) is 136 cm³/mol. The van der Waals surface area contributed by atoms with Crippen molar-refractivity contribution in [3.05, 3.63) is 83.9 Å².